The van der Waals surface area contributed by atoms with Gasteiger partial charge < -0.3 is 19.8 Å². The van der Waals surface area contributed by atoms with E-state index in [-0.39, 0.29) is 17.9 Å². The largest absolute Gasteiger partial charge is 0.469 e. The summed E-state index contributed by atoms with van der Waals surface area (Å²) in [6.07, 6.45) is 4.47. The van der Waals surface area contributed by atoms with E-state index in [2.05, 4.69) is 52.6 Å². The van der Waals surface area contributed by atoms with Gasteiger partial charge in [0.2, 0.25) is 0 Å². The molecule has 0 spiro atoms. The van der Waals surface area contributed by atoms with Gasteiger partial charge in [0, 0.05) is 10.5 Å². The molecule has 0 aliphatic rings. The van der Waals surface area contributed by atoms with Crippen molar-refractivity contribution in [3.63, 3.8) is 0 Å². The van der Waals surface area contributed by atoms with Crippen molar-refractivity contribution < 1.29 is 9.53 Å². The van der Waals surface area contributed by atoms with Crippen molar-refractivity contribution in [3.8, 4) is 0 Å². The van der Waals surface area contributed by atoms with Crippen LogP contribution in [0.3, 0.4) is 0 Å². The van der Waals surface area contributed by atoms with Gasteiger partial charge in [0.15, 0.2) is 7.98 Å². The summed E-state index contributed by atoms with van der Waals surface area (Å²) in [6, 6.07) is 0.260. The topological polar surface area (TPSA) is 44.8 Å². The molecule has 0 amide bonds. The van der Waals surface area contributed by atoms with Gasteiger partial charge in [-0.05, 0) is 66.0 Å². The molecular weight excluding hydrogens is 404 g/mol. The normalized spacial score (nSPS) is 14.2. The third kappa shape index (κ3) is 10.6. The highest BCUT2D eigenvalue weighted by Gasteiger charge is 2.27. The molecule has 1 N–H and O–H groups in total. The molecule has 0 aromatic carbocycles. The van der Waals surface area contributed by atoms with Gasteiger partial charge in [-0.15, -0.1) is 0 Å². The zero-order valence-corrected chi connectivity index (χ0v) is 17.8. The van der Waals surface area contributed by atoms with E-state index < -0.39 is 0 Å². The van der Waals surface area contributed by atoms with Crippen LogP contribution in [0, 0.1) is 5.92 Å². The molecule has 0 aromatic heterocycles. The van der Waals surface area contributed by atoms with Crippen molar-refractivity contribution in [1.29, 1.82) is 0 Å². The van der Waals surface area contributed by atoms with Crippen LogP contribution in [0.15, 0.2) is 0 Å². The second-order valence-corrected chi connectivity index (χ2v) is 7.38. The third-order valence-electron chi connectivity index (χ3n) is 4.37. The van der Waals surface area contributed by atoms with E-state index in [1.807, 2.05) is 14.0 Å². The first kappa shape index (κ1) is 23.1. The number of rotatable bonds is 14. The molecule has 7 heteroatoms. The van der Waals surface area contributed by atoms with E-state index in [4.69, 9.17) is 4.74 Å². The number of methoxy groups -OCH3 is 1. The number of nitrogens with one attached hydrogen (secondary N) is 1. The first-order chi connectivity index (χ1) is 11.0. The van der Waals surface area contributed by atoms with Crippen molar-refractivity contribution >= 4 is 36.5 Å². The lowest BCUT2D eigenvalue weighted by Gasteiger charge is -2.32. The third-order valence-corrected chi connectivity index (χ3v) is 5.13. The van der Waals surface area contributed by atoms with Gasteiger partial charge in [-0.3, -0.25) is 4.79 Å². The minimum absolute atomic E-state index is 0.0752. The molecule has 0 bridgehead atoms. The maximum Gasteiger partial charge on any atom is 0.309 e. The summed E-state index contributed by atoms with van der Waals surface area (Å²) >= 11 is 2.41. The number of carbonyl (C=O) groups is 1. The first-order valence-corrected chi connectivity index (χ1v) is 10.2. The summed E-state index contributed by atoms with van der Waals surface area (Å²) in [7, 11) is 7.78. The number of nitrogens with zero attached hydrogens (tertiary/aromatic N) is 2. The van der Waals surface area contributed by atoms with Crippen molar-refractivity contribution in [2.24, 2.45) is 5.92 Å². The Morgan fingerprint density at radius 2 is 1.91 bits per heavy atom. The fourth-order valence-corrected chi connectivity index (χ4v) is 3.22. The quantitative estimate of drug-likeness (QED) is 0.145. The molecule has 0 aliphatic carbocycles. The summed E-state index contributed by atoms with van der Waals surface area (Å²) in [5.74, 6) is -0.174. The average Bonchev–Trinajstić information content (AvgIpc) is 2.55. The minimum Gasteiger partial charge on any atom is -0.469 e. The highest BCUT2D eigenvalue weighted by Crippen LogP contribution is 2.17. The van der Waals surface area contributed by atoms with Crippen LogP contribution in [0.4, 0.5) is 0 Å². The fourth-order valence-electron chi connectivity index (χ4n) is 2.88. The molecule has 5 nitrogen and oxygen atoms in total. The summed E-state index contributed by atoms with van der Waals surface area (Å²) in [5, 5.41) is 3.18. The van der Waals surface area contributed by atoms with Gasteiger partial charge in [0.05, 0.1) is 13.0 Å². The van der Waals surface area contributed by atoms with Crippen LogP contribution < -0.4 is 5.32 Å². The van der Waals surface area contributed by atoms with Crippen LogP contribution in [0.5, 0.6) is 0 Å². The molecule has 2 unspecified atom stereocenters. The van der Waals surface area contributed by atoms with E-state index in [0.29, 0.717) is 0 Å². The zero-order chi connectivity index (χ0) is 17.7. The fraction of sp³-hybridized carbons (Fsp3) is 0.938. The second-order valence-electron chi connectivity index (χ2n) is 6.30. The van der Waals surface area contributed by atoms with Gasteiger partial charge in [0.1, 0.15) is 0 Å². The number of ether oxygens (including phenoxy) is 1. The maximum atomic E-state index is 11.9. The lowest BCUT2D eigenvalue weighted by Crippen LogP contribution is -2.42. The summed E-state index contributed by atoms with van der Waals surface area (Å²) in [5.41, 5.74) is 0. The molecule has 0 radical (unpaired) electrons. The highest BCUT2D eigenvalue weighted by atomic mass is 127. The Labute approximate surface area is 157 Å². The van der Waals surface area contributed by atoms with Crippen LogP contribution in [0.25, 0.3) is 0 Å². The number of alkyl halides is 1. The average molecular weight is 439 g/mol. The van der Waals surface area contributed by atoms with Gasteiger partial charge in [0.25, 0.3) is 0 Å². The van der Waals surface area contributed by atoms with Crippen LogP contribution in [0.2, 0.25) is 0 Å². The Morgan fingerprint density at radius 3 is 2.48 bits per heavy atom. The monoisotopic (exact) mass is 439 g/mol. The predicted octanol–water partition coefficient (Wildman–Crippen LogP) is 1.16. The smallest absolute Gasteiger partial charge is 0.309 e. The van der Waals surface area contributed by atoms with Gasteiger partial charge in [-0.25, -0.2) is 0 Å². The van der Waals surface area contributed by atoms with Gasteiger partial charge in [-0.1, -0.05) is 29.5 Å². The standard InChI is InChI=1S/C16H35BIN3O2/c1-14(16(22)23-4)15(21(17)13-6-9-18)8-5-11-20(3)12-7-10-19-2/h14-15,19H,5-13,17H2,1-4H3. The van der Waals surface area contributed by atoms with E-state index in [9.17, 15) is 4.79 Å². The molecule has 0 fully saturated rings. The lowest BCUT2D eigenvalue weighted by molar-refractivity contribution is -0.146. The van der Waals surface area contributed by atoms with Crippen molar-refractivity contribution in [3.05, 3.63) is 0 Å². The first-order valence-electron chi connectivity index (χ1n) is 8.65. The summed E-state index contributed by atoms with van der Waals surface area (Å²) in [6.45, 7) is 6.28. The molecule has 2 atom stereocenters. The minimum atomic E-state index is -0.0984. The second kappa shape index (κ2) is 14.5. The number of hydrogen-bond acceptors (Lipinski definition) is 5. The van der Waals surface area contributed by atoms with Crippen LogP contribution in [-0.2, 0) is 9.53 Å². The van der Waals surface area contributed by atoms with E-state index >= 15 is 0 Å². The number of halogens is 1. The molecule has 0 saturated carbocycles. The summed E-state index contributed by atoms with van der Waals surface area (Å²) in [4.78, 5) is 16.6. The molecule has 0 heterocycles. The predicted molar refractivity (Wildman–Crippen MR) is 109 cm³/mol. The lowest BCUT2D eigenvalue weighted by atomic mass is 9.93. The zero-order valence-electron chi connectivity index (χ0n) is 15.6. The molecule has 136 valence electrons. The Kier molecular flexibility index (Phi) is 14.6. The van der Waals surface area contributed by atoms with Crippen molar-refractivity contribution in [2.45, 2.75) is 38.6 Å². The van der Waals surface area contributed by atoms with Crippen LogP contribution in [0.1, 0.15) is 32.6 Å². The molecule has 0 aromatic rings. The Bertz CT molecular complexity index is 311. The van der Waals surface area contributed by atoms with E-state index in [1.165, 1.54) is 13.5 Å². The molecular formula is C16H35BIN3O2. The Hall–Kier alpha value is 0.145. The maximum absolute atomic E-state index is 11.9. The highest BCUT2D eigenvalue weighted by molar-refractivity contribution is 14.1. The summed E-state index contributed by atoms with van der Waals surface area (Å²) < 4.78 is 6.10. The van der Waals surface area contributed by atoms with Crippen LogP contribution in [-0.4, -0.2) is 81.5 Å². The van der Waals surface area contributed by atoms with Crippen LogP contribution >= 0.6 is 22.6 Å². The molecule has 0 saturated heterocycles. The van der Waals surface area contributed by atoms with Gasteiger partial charge in [-0.2, -0.15) is 0 Å². The van der Waals surface area contributed by atoms with Crippen molar-refractivity contribution in [2.75, 3.05) is 51.8 Å². The van der Waals surface area contributed by atoms with E-state index in [1.54, 1.807) is 0 Å². The number of esters is 1. The molecule has 0 rings (SSSR count). The Morgan fingerprint density at radius 1 is 1.26 bits per heavy atom. The number of carbonyl (C=O) groups excluding carboxylic acids is 1. The van der Waals surface area contributed by atoms with Gasteiger partial charge >= 0.3 is 5.97 Å². The SMILES string of the molecule is BN(CCCI)C(CCCN(C)CCCNC)C(C)C(=O)OC. The van der Waals surface area contributed by atoms with Crippen molar-refractivity contribution in [1.82, 2.24) is 15.0 Å². The Balaban J connectivity index is 4.37. The molecule has 23 heavy (non-hydrogen) atoms. The van der Waals surface area contributed by atoms with E-state index in [0.717, 1.165) is 49.9 Å². The number of hydrogen-bond donors (Lipinski definition) is 1. The molecule has 0 aliphatic heterocycles.